The van der Waals surface area contributed by atoms with E-state index in [4.69, 9.17) is 10.6 Å². The summed E-state index contributed by atoms with van der Waals surface area (Å²) in [5.74, 6) is 4.09. The quantitative estimate of drug-likeness (QED) is 0.647. The van der Waals surface area contributed by atoms with Crippen molar-refractivity contribution in [3.8, 4) is 0 Å². The largest absolute Gasteiger partial charge is 0.451 e. The van der Waals surface area contributed by atoms with Gasteiger partial charge < -0.3 is 15.1 Å². The van der Waals surface area contributed by atoms with Gasteiger partial charge in [0.1, 0.15) is 11.6 Å². The molecule has 3 N–H and O–H groups in total. The molecule has 1 fully saturated rings. The molecule has 0 amide bonds. The summed E-state index contributed by atoms with van der Waals surface area (Å²) < 4.78 is 43.5. The minimum Gasteiger partial charge on any atom is -0.380 e. The van der Waals surface area contributed by atoms with Crippen molar-refractivity contribution in [1.82, 2.24) is 9.97 Å². The number of nitrogens with one attached hydrogen (secondary N) is 1. The lowest BCUT2D eigenvalue weighted by Crippen LogP contribution is -2.40. The zero-order valence-corrected chi connectivity index (χ0v) is 10.9. The molecule has 2 rings (SSSR count). The number of aromatic nitrogens is 2. The fourth-order valence-corrected chi connectivity index (χ4v) is 2.14. The number of hydrogen-bond donors (Lipinski definition) is 2. The Balaban J connectivity index is 2.30. The molecule has 0 spiro atoms. The van der Waals surface area contributed by atoms with E-state index in [1.807, 2.05) is 0 Å². The number of hydrogen-bond acceptors (Lipinski definition) is 6. The molecular weight excluding hydrogens is 275 g/mol. The van der Waals surface area contributed by atoms with Gasteiger partial charge in [-0.15, -0.1) is 0 Å². The number of nitrogen functional groups attached to an aromatic ring is 1. The van der Waals surface area contributed by atoms with Gasteiger partial charge in [-0.05, 0) is 12.8 Å². The highest BCUT2D eigenvalue weighted by molar-refractivity contribution is 5.49. The summed E-state index contributed by atoms with van der Waals surface area (Å²) in [5, 5.41) is 0. The van der Waals surface area contributed by atoms with E-state index in [2.05, 4.69) is 15.4 Å². The maximum atomic E-state index is 12.8. The molecule has 0 bridgehead atoms. The Labute approximate surface area is 114 Å². The van der Waals surface area contributed by atoms with E-state index in [1.54, 1.807) is 12.0 Å². The number of piperidine rings is 1. The van der Waals surface area contributed by atoms with E-state index >= 15 is 0 Å². The van der Waals surface area contributed by atoms with Crippen molar-refractivity contribution < 1.29 is 17.9 Å². The highest BCUT2D eigenvalue weighted by Crippen LogP contribution is 2.30. The predicted molar refractivity (Wildman–Crippen MR) is 67.1 cm³/mol. The lowest BCUT2D eigenvalue weighted by Gasteiger charge is -2.33. The average molecular weight is 291 g/mol. The summed E-state index contributed by atoms with van der Waals surface area (Å²) in [4.78, 5) is 8.66. The second-order valence-corrected chi connectivity index (χ2v) is 4.52. The van der Waals surface area contributed by atoms with Gasteiger partial charge in [0.15, 0.2) is 0 Å². The summed E-state index contributed by atoms with van der Waals surface area (Å²) >= 11 is 0. The Morgan fingerprint density at radius 2 is 2.20 bits per heavy atom. The molecule has 20 heavy (non-hydrogen) atoms. The molecule has 0 aliphatic carbocycles. The average Bonchev–Trinajstić information content (AvgIpc) is 2.46. The molecule has 0 aromatic carbocycles. The minimum atomic E-state index is -4.61. The van der Waals surface area contributed by atoms with Gasteiger partial charge in [-0.2, -0.15) is 13.2 Å². The van der Waals surface area contributed by atoms with Gasteiger partial charge >= 0.3 is 6.18 Å². The summed E-state index contributed by atoms with van der Waals surface area (Å²) in [5.41, 5.74) is 2.14. The lowest BCUT2D eigenvalue weighted by atomic mass is 10.1. The van der Waals surface area contributed by atoms with Gasteiger partial charge in [-0.1, -0.05) is 0 Å². The van der Waals surface area contributed by atoms with Crippen LogP contribution in [0.2, 0.25) is 0 Å². The van der Waals surface area contributed by atoms with Crippen LogP contribution in [0.4, 0.5) is 24.8 Å². The van der Waals surface area contributed by atoms with Crippen LogP contribution in [0.3, 0.4) is 0 Å². The second-order valence-electron chi connectivity index (χ2n) is 4.52. The Morgan fingerprint density at radius 3 is 2.80 bits per heavy atom. The first-order valence-electron chi connectivity index (χ1n) is 6.14. The summed E-state index contributed by atoms with van der Waals surface area (Å²) in [7, 11) is 1.59. The molecule has 9 heteroatoms. The topological polar surface area (TPSA) is 76.3 Å². The Kier molecular flexibility index (Phi) is 4.29. The molecule has 1 unspecified atom stereocenters. The first-order chi connectivity index (χ1) is 9.44. The van der Waals surface area contributed by atoms with Crippen molar-refractivity contribution in [3.05, 3.63) is 11.9 Å². The molecule has 2 heterocycles. The molecule has 112 valence electrons. The number of anilines is 2. The van der Waals surface area contributed by atoms with E-state index in [-0.39, 0.29) is 17.7 Å². The fourth-order valence-electron chi connectivity index (χ4n) is 2.14. The van der Waals surface area contributed by atoms with Crippen LogP contribution < -0.4 is 16.2 Å². The lowest BCUT2D eigenvalue weighted by molar-refractivity contribution is -0.144. The summed E-state index contributed by atoms with van der Waals surface area (Å²) in [6.07, 6.45) is -2.91. The van der Waals surface area contributed by atoms with Crippen molar-refractivity contribution in [2.75, 3.05) is 30.5 Å². The van der Waals surface area contributed by atoms with Gasteiger partial charge in [0, 0.05) is 26.3 Å². The predicted octanol–water partition coefficient (Wildman–Crippen LogP) is 1.40. The van der Waals surface area contributed by atoms with Crippen LogP contribution in [0.25, 0.3) is 0 Å². The number of methoxy groups -OCH3 is 1. The smallest absolute Gasteiger partial charge is 0.380 e. The monoisotopic (exact) mass is 291 g/mol. The standard InChI is InChI=1S/C11H16F3N5O/c1-20-7-3-2-4-19(6-7)9-5-8(18-15)16-10(17-9)11(12,13)14/h5,7H,2-4,6,15H2,1H3,(H,16,17,18). The highest BCUT2D eigenvalue weighted by atomic mass is 19.4. The van der Waals surface area contributed by atoms with E-state index in [1.165, 1.54) is 6.07 Å². The zero-order chi connectivity index (χ0) is 14.8. The Morgan fingerprint density at radius 1 is 1.45 bits per heavy atom. The molecule has 0 radical (unpaired) electrons. The third kappa shape index (κ3) is 3.28. The van der Waals surface area contributed by atoms with Crippen LogP contribution in [-0.4, -0.2) is 36.3 Å². The number of nitrogens with two attached hydrogens (primary N) is 1. The van der Waals surface area contributed by atoms with Gasteiger partial charge in [-0.25, -0.2) is 15.8 Å². The molecule has 6 nitrogen and oxygen atoms in total. The zero-order valence-electron chi connectivity index (χ0n) is 10.9. The van der Waals surface area contributed by atoms with Crippen LogP contribution in [-0.2, 0) is 10.9 Å². The molecule has 1 aromatic heterocycles. The number of alkyl halides is 3. The molecule has 1 aromatic rings. The number of rotatable bonds is 3. The number of halogens is 3. The Hall–Kier alpha value is -1.61. The van der Waals surface area contributed by atoms with Crippen LogP contribution in [0.5, 0.6) is 0 Å². The van der Waals surface area contributed by atoms with E-state index in [0.29, 0.717) is 13.1 Å². The van der Waals surface area contributed by atoms with E-state index in [9.17, 15) is 13.2 Å². The molecule has 1 aliphatic rings. The first kappa shape index (κ1) is 14.8. The van der Waals surface area contributed by atoms with E-state index in [0.717, 1.165) is 12.8 Å². The third-order valence-corrected chi connectivity index (χ3v) is 3.15. The molecule has 0 saturated carbocycles. The fraction of sp³-hybridized carbons (Fsp3) is 0.636. The van der Waals surface area contributed by atoms with Crippen molar-refractivity contribution in [2.45, 2.75) is 25.1 Å². The normalized spacial score (nSPS) is 20.1. The van der Waals surface area contributed by atoms with Crippen LogP contribution in [0.15, 0.2) is 6.07 Å². The van der Waals surface area contributed by atoms with Crippen LogP contribution in [0, 0.1) is 0 Å². The van der Waals surface area contributed by atoms with E-state index < -0.39 is 12.0 Å². The SMILES string of the molecule is COC1CCCN(c2cc(NN)nc(C(F)(F)F)n2)C1. The Bertz CT molecular complexity index is 468. The minimum absolute atomic E-state index is 0.0117. The number of ether oxygens (including phenoxy) is 1. The molecule has 1 atom stereocenters. The maximum Gasteiger partial charge on any atom is 0.451 e. The first-order valence-corrected chi connectivity index (χ1v) is 6.14. The summed E-state index contributed by atoms with van der Waals surface area (Å²) in [6, 6.07) is 1.40. The van der Waals surface area contributed by atoms with Gasteiger partial charge in [0.25, 0.3) is 0 Å². The second kappa shape index (κ2) is 5.80. The van der Waals surface area contributed by atoms with Crippen LogP contribution in [0.1, 0.15) is 18.7 Å². The summed E-state index contributed by atoms with van der Waals surface area (Å²) in [6.45, 7) is 1.12. The van der Waals surface area contributed by atoms with Crippen molar-refractivity contribution in [2.24, 2.45) is 5.84 Å². The third-order valence-electron chi connectivity index (χ3n) is 3.15. The number of nitrogens with zero attached hydrogens (tertiary/aromatic N) is 3. The molecular formula is C11H16F3N5O. The van der Waals surface area contributed by atoms with Crippen LogP contribution >= 0.6 is 0 Å². The van der Waals surface area contributed by atoms with Crippen molar-refractivity contribution in [1.29, 1.82) is 0 Å². The van der Waals surface area contributed by atoms with Crippen molar-refractivity contribution >= 4 is 11.6 Å². The highest BCUT2D eigenvalue weighted by Gasteiger charge is 2.36. The van der Waals surface area contributed by atoms with Gasteiger partial charge in [-0.3, -0.25) is 0 Å². The maximum absolute atomic E-state index is 12.8. The number of hydrazine groups is 1. The molecule has 1 saturated heterocycles. The van der Waals surface area contributed by atoms with Gasteiger partial charge in [0.05, 0.1) is 6.10 Å². The molecule has 1 aliphatic heterocycles. The van der Waals surface area contributed by atoms with Crippen molar-refractivity contribution in [3.63, 3.8) is 0 Å². The van der Waals surface area contributed by atoms with Gasteiger partial charge in [0.2, 0.25) is 5.82 Å².